The summed E-state index contributed by atoms with van der Waals surface area (Å²) in [4.78, 5) is 30.1. The first kappa shape index (κ1) is 50.7. The van der Waals surface area contributed by atoms with Crippen LogP contribution in [0.3, 0.4) is 0 Å². The molecule has 1 amide bonds. The lowest BCUT2D eigenvalue weighted by Crippen LogP contribution is -2.56. The molecule has 5 atom stereocenters. The number of carboxylic acids is 1. The van der Waals surface area contributed by atoms with E-state index < -0.39 is 60.7 Å². The number of aliphatic hydroxyl groups is 2. The number of likely N-dealkylation sites (N-methyl/N-ethyl adjacent to an activating group) is 2. The smallest absolute Gasteiger partial charge is 0.410 e. The number of hydrogen-bond acceptors (Lipinski definition) is 16. The first-order valence-corrected chi connectivity index (χ1v) is 18.7. The minimum absolute atomic E-state index is 0.125. The van der Waals surface area contributed by atoms with E-state index in [4.69, 9.17) is 60.2 Å². The van der Waals surface area contributed by atoms with Crippen LogP contribution in [0.15, 0.2) is 11.8 Å². The highest BCUT2D eigenvalue weighted by molar-refractivity contribution is 5.85. The predicted octanol–water partition coefficient (Wildman–Crippen LogP) is -1.76. The molecule has 0 saturated carbocycles. The van der Waals surface area contributed by atoms with Crippen molar-refractivity contribution >= 4 is 18.0 Å². The van der Waals surface area contributed by atoms with Crippen molar-refractivity contribution in [1.82, 2.24) is 20.0 Å². The number of nitrogens with two attached hydrogens (primary N) is 1. The highest BCUT2D eigenvalue weighted by Gasteiger charge is 2.44. The van der Waals surface area contributed by atoms with Crippen molar-refractivity contribution in [1.29, 1.82) is 5.41 Å². The number of aliphatic hydroxyl groups excluding tert-OH is 2. The van der Waals surface area contributed by atoms with Gasteiger partial charge >= 0.3 is 12.1 Å². The van der Waals surface area contributed by atoms with Crippen LogP contribution in [0.1, 0.15) is 6.92 Å². The second-order valence-corrected chi connectivity index (χ2v) is 13.0. The molecule has 20 nitrogen and oxygen atoms in total. The van der Waals surface area contributed by atoms with Gasteiger partial charge in [-0.15, -0.1) is 6.42 Å². The van der Waals surface area contributed by atoms with E-state index in [0.717, 1.165) is 6.54 Å². The topological polar surface area (TPSA) is 250 Å². The van der Waals surface area contributed by atoms with Gasteiger partial charge in [-0.1, -0.05) is 12.8 Å². The molecule has 324 valence electrons. The molecule has 7 N–H and O–H groups in total. The molecule has 0 bridgehead atoms. The molecular weight excluding hydrogens is 740 g/mol. The fraction of sp³-hybridized carbons (Fsp3) is 0.806. The van der Waals surface area contributed by atoms with Crippen molar-refractivity contribution in [3.05, 3.63) is 11.8 Å². The fourth-order valence-electron chi connectivity index (χ4n) is 5.00. The van der Waals surface area contributed by atoms with Crippen molar-refractivity contribution in [2.24, 2.45) is 11.7 Å². The number of nitrogens with one attached hydrogen (secondary N) is 2. The highest BCUT2D eigenvalue weighted by atomic mass is 16.6. The third-order valence-corrected chi connectivity index (χ3v) is 8.23. The number of amides is 1. The molecule has 1 aliphatic rings. The van der Waals surface area contributed by atoms with Crippen molar-refractivity contribution in [2.75, 3.05) is 153 Å². The second-order valence-electron chi connectivity index (χ2n) is 13.0. The van der Waals surface area contributed by atoms with Gasteiger partial charge in [-0.2, -0.15) is 0 Å². The van der Waals surface area contributed by atoms with Crippen molar-refractivity contribution < 1.29 is 67.5 Å². The first-order chi connectivity index (χ1) is 26.9. The maximum absolute atomic E-state index is 12.9. The van der Waals surface area contributed by atoms with Crippen molar-refractivity contribution in [2.45, 2.75) is 31.3 Å². The van der Waals surface area contributed by atoms with Crippen LogP contribution in [-0.4, -0.2) is 225 Å². The van der Waals surface area contributed by atoms with Crippen LogP contribution in [0, 0.1) is 23.7 Å². The zero-order chi connectivity index (χ0) is 41.6. The molecule has 0 saturated heterocycles. The summed E-state index contributed by atoms with van der Waals surface area (Å²) >= 11 is 0. The third-order valence-electron chi connectivity index (χ3n) is 8.23. The van der Waals surface area contributed by atoms with Crippen LogP contribution < -0.4 is 11.1 Å². The number of carbonyl (C=O) groups is 2. The summed E-state index contributed by atoms with van der Waals surface area (Å²) < 4.78 is 50.1. The Bertz CT molecular complexity index is 1150. The number of nitrogens with zero attached hydrogens (tertiary/aromatic N) is 3. The Kier molecular flexibility index (Phi) is 28.7. The van der Waals surface area contributed by atoms with Crippen LogP contribution in [0.5, 0.6) is 0 Å². The Hall–Kier alpha value is -3.33. The van der Waals surface area contributed by atoms with Gasteiger partial charge in [-0.25, -0.2) is 9.59 Å². The lowest BCUT2D eigenvalue weighted by Gasteiger charge is -2.40. The van der Waals surface area contributed by atoms with Gasteiger partial charge in [-0.3, -0.25) is 10.3 Å². The molecule has 0 unspecified atom stereocenters. The van der Waals surface area contributed by atoms with Gasteiger partial charge in [-0.05, 0) is 20.2 Å². The van der Waals surface area contributed by atoms with E-state index in [2.05, 4.69) is 21.0 Å². The van der Waals surface area contributed by atoms with Crippen LogP contribution in [0.4, 0.5) is 4.79 Å². The Morgan fingerprint density at radius 1 is 0.857 bits per heavy atom. The number of carboxylic acid groups (broad SMARTS) is 1. The van der Waals surface area contributed by atoms with Crippen molar-refractivity contribution in [3.63, 3.8) is 0 Å². The van der Waals surface area contributed by atoms with Crippen LogP contribution >= 0.6 is 0 Å². The van der Waals surface area contributed by atoms with E-state index in [1.165, 1.54) is 18.0 Å². The van der Waals surface area contributed by atoms with E-state index in [0.29, 0.717) is 92.3 Å². The number of hydrogen-bond donors (Lipinski definition) is 6. The summed E-state index contributed by atoms with van der Waals surface area (Å²) in [6, 6.07) is -0.785. The van der Waals surface area contributed by atoms with Crippen LogP contribution in [0.25, 0.3) is 0 Å². The van der Waals surface area contributed by atoms with E-state index >= 15 is 0 Å². The standard InChI is InChI=1S/C36H66N6O14/c1-6-12-48-18-22-53-24-25-54-23-21-52-17-11-42(9-15-49-13-7-40(3)4)10-16-51-20-19-50-14-8-41(5)36(47)56-33(30(44)27-43)32-28(2)29(39-35(37)38)26-31(55-32)34(45)46/h1,26,28-30,32-33,43-44H,7-25,27H2,2-5H3,(H,45,46)(H4,37,38,39)/t28-,29+,30-,32-,33-/m1/s1. The number of aliphatic carboxylic acids is 1. The third kappa shape index (κ3) is 23.7. The van der Waals surface area contributed by atoms with Gasteiger partial charge in [0.15, 0.2) is 12.1 Å². The van der Waals surface area contributed by atoms with Gasteiger partial charge in [0.1, 0.15) is 18.8 Å². The zero-order valence-corrected chi connectivity index (χ0v) is 33.4. The first-order valence-electron chi connectivity index (χ1n) is 18.7. The summed E-state index contributed by atoms with van der Waals surface area (Å²) in [6.45, 7) is 9.88. The molecule has 20 heteroatoms. The van der Waals surface area contributed by atoms with Gasteiger partial charge in [0.05, 0.1) is 98.5 Å². The summed E-state index contributed by atoms with van der Waals surface area (Å²) in [7, 11) is 5.46. The number of terminal acetylenes is 1. The fourth-order valence-corrected chi connectivity index (χ4v) is 5.00. The molecule has 0 aromatic carbocycles. The van der Waals surface area contributed by atoms with Gasteiger partial charge in [0, 0.05) is 45.7 Å². The SMILES string of the molecule is C#CCOCCOCCOCCOCCN(CCOCCOCCN(C)C(=O)O[C@@H]([C@@H]1OC(C(=O)O)=C[C@H](NC(=N)N)[C@H]1C)[C@H](O)CO)CCOCCN(C)C. The average Bonchev–Trinajstić information content (AvgIpc) is 3.16. The van der Waals surface area contributed by atoms with E-state index in [-0.39, 0.29) is 26.4 Å². The van der Waals surface area contributed by atoms with E-state index in [9.17, 15) is 24.9 Å². The quantitative estimate of drug-likeness (QED) is 0.0183. The molecule has 1 aliphatic heterocycles. The molecular formula is C36H66N6O14. The van der Waals surface area contributed by atoms with Gasteiger partial charge < -0.3 is 78.8 Å². The normalized spacial score (nSPS) is 17.8. The van der Waals surface area contributed by atoms with E-state index in [1.807, 2.05) is 14.1 Å². The maximum atomic E-state index is 12.9. The second kappa shape index (κ2) is 31.7. The minimum atomic E-state index is -1.59. The summed E-state index contributed by atoms with van der Waals surface area (Å²) in [5, 5.41) is 39.9. The molecule has 1 heterocycles. The Morgan fingerprint density at radius 3 is 1.79 bits per heavy atom. The number of ether oxygens (including phenoxy) is 9. The molecule has 0 fully saturated rings. The van der Waals surface area contributed by atoms with Gasteiger partial charge in [0.2, 0.25) is 5.76 Å². The largest absolute Gasteiger partial charge is 0.479 e. The Balaban J connectivity index is 2.41. The Labute approximate surface area is 330 Å². The molecule has 0 aliphatic carbocycles. The number of guanidine groups is 1. The maximum Gasteiger partial charge on any atom is 0.410 e. The molecule has 0 aromatic heterocycles. The predicted molar refractivity (Wildman–Crippen MR) is 204 cm³/mol. The van der Waals surface area contributed by atoms with Crippen LogP contribution in [0.2, 0.25) is 0 Å². The average molecular weight is 807 g/mol. The van der Waals surface area contributed by atoms with Gasteiger partial charge in [0.25, 0.3) is 0 Å². The molecule has 0 spiro atoms. The zero-order valence-electron chi connectivity index (χ0n) is 33.4. The highest BCUT2D eigenvalue weighted by Crippen LogP contribution is 2.29. The lowest BCUT2D eigenvalue weighted by atomic mass is 9.87. The van der Waals surface area contributed by atoms with Crippen LogP contribution in [-0.2, 0) is 47.4 Å². The molecule has 56 heavy (non-hydrogen) atoms. The monoisotopic (exact) mass is 806 g/mol. The molecule has 0 radical (unpaired) electrons. The number of rotatable bonds is 34. The Morgan fingerprint density at radius 2 is 1.32 bits per heavy atom. The number of carbonyl (C=O) groups excluding carboxylic acids is 1. The van der Waals surface area contributed by atoms with Crippen molar-refractivity contribution in [3.8, 4) is 12.3 Å². The summed E-state index contributed by atoms with van der Waals surface area (Å²) in [6.07, 6.45) is 1.27. The summed E-state index contributed by atoms with van der Waals surface area (Å²) in [5.74, 6) is -0.534. The van der Waals surface area contributed by atoms with E-state index in [1.54, 1.807) is 6.92 Å². The summed E-state index contributed by atoms with van der Waals surface area (Å²) in [5.41, 5.74) is 5.45. The minimum Gasteiger partial charge on any atom is -0.479 e. The lowest BCUT2D eigenvalue weighted by molar-refractivity contribution is -0.148. The molecule has 1 rings (SSSR count). The molecule has 0 aromatic rings.